The molecular weight excluding hydrogens is 410 g/mol. The molecule has 4 rings (SSSR count). The van der Waals surface area contributed by atoms with Crippen molar-refractivity contribution in [1.29, 1.82) is 0 Å². The Balaban J connectivity index is 1.34. The fourth-order valence-electron chi connectivity index (χ4n) is 4.44. The van der Waals surface area contributed by atoms with Crippen molar-refractivity contribution >= 4 is 5.91 Å². The van der Waals surface area contributed by atoms with E-state index in [1.54, 1.807) is 0 Å². The Morgan fingerprint density at radius 1 is 0.758 bits per heavy atom. The highest BCUT2D eigenvalue weighted by Gasteiger charge is 2.43. The number of likely N-dealkylation sites (tertiary alicyclic amines) is 1. The number of ether oxygens (including phenoxy) is 2. The maximum atomic E-state index is 13.4. The third kappa shape index (κ3) is 6.53. The normalized spacial score (nSPS) is 18.5. The van der Waals surface area contributed by atoms with E-state index in [-0.39, 0.29) is 23.9 Å². The molecule has 33 heavy (non-hydrogen) atoms. The second-order valence-electron chi connectivity index (χ2n) is 8.88. The van der Waals surface area contributed by atoms with Crippen molar-refractivity contribution in [2.75, 3.05) is 13.2 Å². The minimum absolute atomic E-state index is 0.0825. The summed E-state index contributed by atoms with van der Waals surface area (Å²) in [6.45, 7) is 4.25. The van der Waals surface area contributed by atoms with E-state index in [4.69, 9.17) is 9.47 Å². The second-order valence-corrected chi connectivity index (χ2v) is 8.88. The molecule has 1 fully saturated rings. The summed E-state index contributed by atoms with van der Waals surface area (Å²) in [4.78, 5) is 15.4. The topological polar surface area (TPSA) is 38.8 Å². The van der Waals surface area contributed by atoms with Crippen molar-refractivity contribution in [2.45, 2.75) is 45.1 Å². The minimum Gasteiger partial charge on any atom is -0.375 e. The highest BCUT2D eigenvalue weighted by Crippen LogP contribution is 2.30. The third-order valence-corrected chi connectivity index (χ3v) is 6.24. The van der Waals surface area contributed by atoms with Crippen LogP contribution in [0.5, 0.6) is 0 Å². The first-order valence-corrected chi connectivity index (χ1v) is 11.8. The second kappa shape index (κ2) is 11.8. The van der Waals surface area contributed by atoms with Crippen molar-refractivity contribution < 1.29 is 14.3 Å². The average Bonchev–Trinajstić information content (AvgIpc) is 2.84. The highest BCUT2D eigenvalue weighted by atomic mass is 16.5. The number of carbonyl (C=O) groups excluding carboxylic acids is 1. The van der Waals surface area contributed by atoms with Crippen molar-refractivity contribution in [3.8, 4) is 0 Å². The molecule has 0 radical (unpaired) electrons. The smallest absolute Gasteiger partial charge is 0.226 e. The first-order chi connectivity index (χ1) is 16.2. The molecule has 1 saturated heterocycles. The van der Waals surface area contributed by atoms with Gasteiger partial charge in [-0.15, -0.1) is 0 Å². The molecule has 0 saturated carbocycles. The largest absolute Gasteiger partial charge is 0.375 e. The molecule has 1 aliphatic heterocycles. The minimum atomic E-state index is -0.0825. The van der Waals surface area contributed by atoms with E-state index in [2.05, 4.69) is 36.4 Å². The molecule has 0 aliphatic carbocycles. The van der Waals surface area contributed by atoms with Gasteiger partial charge in [0.15, 0.2) is 0 Å². The summed E-state index contributed by atoms with van der Waals surface area (Å²) in [6.07, 6.45) is 1.65. The van der Waals surface area contributed by atoms with Crippen LogP contribution in [0, 0.1) is 5.92 Å². The molecule has 172 valence electrons. The van der Waals surface area contributed by atoms with Crippen molar-refractivity contribution in [3.63, 3.8) is 0 Å². The molecule has 4 heteroatoms. The van der Waals surface area contributed by atoms with Gasteiger partial charge in [0.1, 0.15) is 0 Å². The number of nitrogens with zero attached hydrogens (tertiary/aromatic N) is 1. The van der Waals surface area contributed by atoms with E-state index in [0.29, 0.717) is 26.4 Å². The molecule has 0 bridgehead atoms. The van der Waals surface area contributed by atoms with Gasteiger partial charge < -0.3 is 14.4 Å². The van der Waals surface area contributed by atoms with Gasteiger partial charge in [-0.1, -0.05) is 97.9 Å². The van der Waals surface area contributed by atoms with Gasteiger partial charge in [0.05, 0.1) is 38.5 Å². The molecule has 3 aromatic rings. The monoisotopic (exact) mass is 443 g/mol. The van der Waals surface area contributed by atoms with Gasteiger partial charge >= 0.3 is 0 Å². The standard InChI is InChI=1S/C29H33NO3/c1-23(17-24-11-5-2-6-12-24)29(31)30-27(21-32-19-25-13-7-3-8-14-25)18-28(30)22-33-20-26-15-9-4-10-16-26/h2-16,23,27-28H,17-22H2,1H3/t23-,27-,28-/m1/s1. The zero-order valence-electron chi connectivity index (χ0n) is 19.3. The summed E-state index contributed by atoms with van der Waals surface area (Å²) in [6, 6.07) is 30.7. The maximum Gasteiger partial charge on any atom is 0.226 e. The van der Waals surface area contributed by atoms with Crippen LogP contribution in [0.15, 0.2) is 91.0 Å². The maximum absolute atomic E-state index is 13.4. The molecule has 1 heterocycles. The molecule has 4 nitrogen and oxygen atoms in total. The van der Waals surface area contributed by atoms with Crippen molar-refractivity contribution in [2.24, 2.45) is 5.92 Å². The van der Waals surface area contributed by atoms with Crippen LogP contribution in [0.4, 0.5) is 0 Å². The first kappa shape index (κ1) is 23.2. The summed E-state index contributed by atoms with van der Waals surface area (Å²) in [5.74, 6) is 0.104. The zero-order valence-corrected chi connectivity index (χ0v) is 19.3. The van der Waals surface area contributed by atoms with Crippen LogP contribution in [0.2, 0.25) is 0 Å². The zero-order chi connectivity index (χ0) is 22.9. The summed E-state index contributed by atoms with van der Waals surface area (Å²) in [5, 5.41) is 0. The first-order valence-electron chi connectivity index (χ1n) is 11.8. The molecule has 3 atom stereocenters. The van der Waals surface area contributed by atoms with E-state index in [9.17, 15) is 4.79 Å². The molecule has 0 N–H and O–H groups in total. The Morgan fingerprint density at radius 2 is 1.18 bits per heavy atom. The molecule has 0 aromatic heterocycles. The number of amides is 1. The third-order valence-electron chi connectivity index (χ3n) is 6.24. The van der Waals surface area contributed by atoms with Gasteiger partial charge in [-0.3, -0.25) is 4.79 Å². The van der Waals surface area contributed by atoms with Gasteiger partial charge in [-0.05, 0) is 29.5 Å². The quantitative estimate of drug-likeness (QED) is 0.405. The Morgan fingerprint density at radius 3 is 1.64 bits per heavy atom. The van der Waals surface area contributed by atoms with Crippen LogP contribution in [-0.4, -0.2) is 36.1 Å². The lowest BCUT2D eigenvalue weighted by atomic mass is 9.89. The Hall–Kier alpha value is -2.95. The van der Waals surface area contributed by atoms with Gasteiger partial charge in [0.2, 0.25) is 5.91 Å². The average molecular weight is 444 g/mol. The summed E-state index contributed by atoms with van der Waals surface area (Å²) < 4.78 is 12.0. The van der Waals surface area contributed by atoms with Crippen LogP contribution in [0.25, 0.3) is 0 Å². The van der Waals surface area contributed by atoms with Crippen LogP contribution in [-0.2, 0) is 33.9 Å². The number of rotatable bonds is 11. The Kier molecular flexibility index (Phi) is 8.29. The predicted molar refractivity (Wildman–Crippen MR) is 131 cm³/mol. The fraction of sp³-hybridized carbons (Fsp3) is 0.345. The van der Waals surface area contributed by atoms with Gasteiger partial charge in [-0.2, -0.15) is 0 Å². The van der Waals surface area contributed by atoms with Crippen LogP contribution >= 0.6 is 0 Å². The Bertz CT molecular complexity index is 926. The lowest BCUT2D eigenvalue weighted by Crippen LogP contribution is -2.63. The number of hydrogen-bond acceptors (Lipinski definition) is 3. The van der Waals surface area contributed by atoms with Crippen LogP contribution in [0.1, 0.15) is 30.0 Å². The number of hydrogen-bond donors (Lipinski definition) is 0. The molecule has 0 spiro atoms. The molecule has 1 amide bonds. The number of benzene rings is 3. The van der Waals surface area contributed by atoms with E-state index in [0.717, 1.165) is 24.0 Å². The van der Waals surface area contributed by atoms with E-state index in [1.165, 1.54) is 5.56 Å². The SMILES string of the molecule is C[C@H](Cc1ccccc1)C(=O)N1[C@@H](COCc2ccccc2)C[C@@H]1COCc1ccccc1. The van der Waals surface area contributed by atoms with Crippen molar-refractivity contribution in [3.05, 3.63) is 108 Å². The van der Waals surface area contributed by atoms with Crippen LogP contribution in [0.3, 0.4) is 0 Å². The fourth-order valence-corrected chi connectivity index (χ4v) is 4.44. The lowest BCUT2D eigenvalue weighted by Gasteiger charge is -2.49. The van der Waals surface area contributed by atoms with E-state index >= 15 is 0 Å². The molecule has 0 unspecified atom stereocenters. The van der Waals surface area contributed by atoms with Gasteiger partial charge in [0, 0.05) is 5.92 Å². The van der Waals surface area contributed by atoms with E-state index in [1.807, 2.05) is 66.4 Å². The molecule has 3 aromatic carbocycles. The summed E-state index contributed by atoms with van der Waals surface area (Å²) >= 11 is 0. The number of carbonyl (C=O) groups is 1. The summed E-state index contributed by atoms with van der Waals surface area (Å²) in [5.41, 5.74) is 3.48. The summed E-state index contributed by atoms with van der Waals surface area (Å²) in [7, 11) is 0. The Labute approximate surface area is 197 Å². The predicted octanol–water partition coefficient (Wildman–Crippen LogP) is 5.27. The van der Waals surface area contributed by atoms with E-state index < -0.39 is 0 Å². The van der Waals surface area contributed by atoms with Crippen LogP contribution < -0.4 is 0 Å². The van der Waals surface area contributed by atoms with Gasteiger partial charge in [-0.25, -0.2) is 0 Å². The molecule has 1 aliphatic rings. The lowest BCUT2D eigenvalue weighted by molar-refractivity contribution is -0.157. The van der Waals surface area contributed by atoms with Crippen molar-refractivity contribution in [1.82, 2.24) is 4.90 Å². The highest BCUT2D eigenvalue weighted by molar-refractivity contribution is 5.80. The van der Waals surface area contributed by atoms with Gasteiger partial charge in [0.25, 0.3) is 0 Å². The molecular formula is C29H33NO3.